The minimum atomic E-state index is 0.0215. The first-order valence-corrected chi connectivity index (χ1v) is 4.26. The summed E-state index contributed by atoms with van der Waals surface area (Å²) in [5.41, 5.74) is 8.42. The third-order valence-electron chi connectivity index (χ3n) is 1.98. The molecule has 1 rings (SSSR count). The van der Waals surface area contributed by atoms with Gasteiger partial charge in [0, 0.05) is 11.3 Å². The molecule has 3 heteroatoms. The maximum absolute atomic E-state index is 8.62. The summed E-state index contributed by atoms with van der Waals surface area (Å²) in [5.74, 6) is 0.786. The Kier molecular flexibility index (Phi) is 3.14. The number of hydrogen-bond donors (Lipinski definition) is 2. The van der Waals surface area contributed by atoms with Crippen LogP contribution in [0.5, 0.6) is 5.75 Å². The van der Waals surface area contributed by atoms with Crippen molar-refractivity contribution in [2.45, 2.75) is 13.8 Å². The molecule has 1 aromatic rings. The van der Waals surface area contributed by atoms with Crippen molar-refractivity contribution in [2.75, 3.05) is 18.9 Å². The zero-order chi connectivity index (χ0) is 9.84. The van der Waals surface area contributed by atoms with Gasteiger partial charge in [0.2, 0.25) is 0 Å². The molecule has 0 radical (unpaired) electrons. The molecule has 0 saturated carbocycles. The Hall–Kier alpha value is -1.22. The lowest BCUT2D eigenvalue weighted by Crippen LogP contribution is -2.05. The van der Waals surface area contributed by atoms with Gasteiger partial charge in [-0.1, -0.05) is 6.07 Å². The molecular formula is C10H15NO2. The fourth-order valence-electron chi connectivity index (χ4n) is 1.21. The summed E-state index contributed by atoms with van der Waals surface area (Å²) in [6.07, 6.45) is 0. The third-order valence-corrected chi connectivity index (χ3v) is 1.98. The van der Waals surface area contributed by atoms with Crippen LogP contribution < -0.4 is 10.5 Å². The van der Waals surface area contributed by atoms with Crippen LogP contribution in [0.15, 0.2) is 12.1 Å². The van der Waals surface area contributed by atoms with E-state index in [0.717, 1.165) is 22.6 Å². The van der Waals surface area contributed by atoms with E-state index in [1.165, 1.54) is 0 Å². The smallest absolute Gasteiger partial charge is 0.127 e. The second-order valence-electron chi connectivity index (χ2n) is 3.00. The highest BCUT2D eigenvalue weighted by Gasteiger charge is 2.05. The van der Waals surface area contributed by atoms with Gasteiger partial charge in [-0.3, -0.25) is 0 Å². The second kappa shape index (κ2) is 4.14. The average molecular weight is 181 g/mol. The van der Waals surface area contributed by atoms with Crippen molar-refractivity contribution in [1.82, 2.24) is 0 Å². The summed E-state index contributed by atoms with van der Waals surface area (Å²) >= 11 is 0. The standard InChI is InChI=1S/C10H15NO2/c1-7-3-4-9(11)8(2)10(7)13-6-5-12/h3-4,12H,5-6,11H2,1-2H3. The predicted molar refractivity (Wildman–Crippen MR) is 52.9 cm³/mol. The summed E-state index contributed by atoms with van der Waals surface area (Å²) in [4.78, 5) is 0. The molecule has 0 spiro atoms. The minimum absolute atomic E-state index is 0.0215. The van der Waals surface area contributed by atoms with Crippen LogP contribution in [0, 0.1) is 13.8 Å². The number of nitrogen functional groups attached to an aromatic ring is 1. The van der Waals surface area contributed by atoms with Gasteiger partial charge in [0.15, 0.2) is 0 Å². The van der Waals surface area contributed by atoms with Crippen LogP contribution in [0.25, 0.3) is 0 Å². The number of anilines is 1. The number of aliphatic hydroxyl groups excluding tert-OH is 1. The van der Waals surface area contributed by atoms with Gasteiger partial charge in [0.1, 0.15) is 12.4 Å². The molecule has 1 aromatic carbocycles. The van der Waals surface area contributed by atoms with E-state index in [0.29, 0.717) is 6.61 Å². The van der Waals surface area contributed by atoms with Crippen molar-refractivity contribution < 1.29 is 9.84 Å². The molecule has 0 aromatic heterocycles. The zero-order valence-electron chi connectivity index (χ0n) is 8.00. The normalized spacial score (nSPS) is 10.1. The molecule has 0 aliphatic rings. The SMILES string of the molecule is Cc1ccc(N)c(C)c1OCCO. The van der Waals surface area contributed by atoms with Crippen molar-refractivity contribution >= 4 is 5.69 Å². The number of nitrogens with two attached hydrogens (primary N) is 1. The van der Waals surface area contributed by atoms with E-state index in [2.05, 4.69) is 0 Å². The van der Waals surface area contributed by atoms with Crippen molar-refractivity contribution in [3.05, 3.63) is 23.3 Å². The first-order valence-electron chi connectivity index (χ1n) is 4.26. The highest BCUT2D eigenvalue weighted by atomic mass is 16.5. The van der Waals surface area contributed by atoms with Gasteiger partial charge in [0.25, 0.3) is 0 Å². The molecule has 0 aliphatic carbocycles. The molecule has 0 saturated heterocycles. The quantitative estimate of drug-likeness (QED) is 0.690. The molecule has 0 fully saturated rings. The summed E-state index contributed by atoms with van der Waals surface area (Å²) < 4.78 is 5.37. The van der Waals surface area contributed by atoms with Crippen LogP contribution in [-0.4, -0.2) is 18.3 Å². The topological polar surface area (TPSA) is 55.5 Å². The molecule has 13 heavy (non-hydrogen) atoms. The second-order valence-corrected chi connectivity index (χ2v) is 3.00. The number of rotatable bonds is 3. The zero-order valence-corrected chi connectivity index (χ0v) is 8.00. The van der Waals surface area contributed by atoms with Crippen molar-refractivity contribution in [3.8, 4) is 5.75 Å². The van der Waals surface area contributed by atoms with Gasteiger partial charge in [-0.25, -0.2) is 0 Å². The van der Waals surface area contributed by atoms with E-state index < -0.39 is 0 Å². The fraction of sp³-hybridized carbons (Fsp3) is 0.400. The van der Waals surface area contributed by atoms with Gasteiger partial charge < -0.3 is 15.6 Å². The molecule has 0 heterocycles. The van der Waals surface area contributed by atoms with Crippen LogP contribution in [-0.2, 0) is 0 Å². The Morgan fingerprint density at radius 2 is 2.08 bits per heavy atom. The number of benzene rings is 1. The van der Waals surface area contributed by atoms with Crippen molar-refractivity contribution in [1.29, 1.82) is 0 Å². The van der Waals surface area contributed by atoms with E-state index in [-0.39, 0.29) is 6.61 Å². The van der Waals surface area contributed by atoms with Crippen molar-refractivity contribution in [3.63, 3.8) is 0 Å². The highest BCUT2D eigenvalue weighted by molar-refractivity contribution is 5.56. The lowest BCUT2D eigenvalue weighted by atomic mass is 10.1. The highest BCUT2D eigenvalue weighted by Crippen LogP contribution is 2.27. The van der Waals surface area contributed by atoms with Gasteiger partial charge in [-0.15, -0.1) is 0 Å². The summed E-state index contributed by atoms with van der Waals surface area (Å²) in [7, 11) is 0. The molecule has 3 nitrogen and oxygen atoms in total. The largest absolute Gasteiger partial charge is 0.491 e. The van der Waals surface area contributed by atoms with Gasteiger partial charge >= 0.3 is 0 Å². The maximum atomic E-state index is 8.62. The lowest BCUT2D eigenvalue weighted by Gasteiger charge is -2.12. The Balaban J connectivity index is 2.96. The maximum Gasteiger partial charge on any atom is 0.127 e. The van der Waals surface area contributed by atoms with E-state index >= 15 is 0 Å². The Morgan fingerprint density at radius 1 is 1.38 bits per heavy atom. The predicted octanol–water partition coefficient (Wildman–Crippen LogP) is 1.26. The monoisotopic (exact) mass is 181 g/mol. The van der Waals surface area contributed by atoms with E-state index in [9.17, 15) is 0 Å². The van der Waals surface area contributed by atoms with Gasteiger partial charge in [0.05, 0.1) is 6.61 Å². The first-order chi connectivity index (χ1) is 6.16. The molecule has 0 aliphatic heterocycles. The molecule has 72 valence electrons. The number of aliphatic hydroxyl groups is 1. The third kappa shape index (κ3) is 2.12. The van der Waals surface area contributed by atoms with Crippen LogP contribution in [0.4, 0.5) is 5.69 Å². The Labute approximate surface area is 78.1 Å². The Morgan fingerprint density at radius 3 is 2.69 bits per heavy atom. The van der Waals surface area contributed by atoms with Gasteiger partial charge in [-0.2, -0.15) is 0 Å². The summed E-state index contributed by atoms with van der Waals surface area (Å²) in [6.45, 7) is 4.20. The fourth-order valence-corrected chi connectivity index (χ4v) is 1.21. The Bertz CT molecular complexity index is 297. The van der Waals surface area contributed by atoms with Gasteiger partial charge in [-0.05, 0) is 25.5 Å². The van der Waals surface area contributed by atoms with Crippen LogP contribution in [0.3, 0.4) is 0 Å². The molecule has 0 unspecified atom stereocenters. The molecular weight excluding hydrogens is 166 g/mol. The number of aryl methyl sites for hydroxylation is 1. The minimum Gasteiger partial charge on any atom is -0.491 e. The summed E-state index contributed by atoms with van der Waals surface area (Å²) in [5, 5.41) is 8.62. The lowest BCUT2D eigenvalue weighted by molar-refractivity contribution is 0.200. The van der Waals surface area contributed by atoms with E-state index in [1.807, 2.05) is 26.0 Å². The number of ether oxygens (including phenoxy) is 1. The molecule has 0 amide bonds. The first kappa shape index (κ1) is 9.86. The molecule has 3 N–H and O–H groups in total. The molecule has 0 bridgehead atoms. The van der Waals surface area contributed by atoms with Crippen LogP contribution in [0.2, 0.25) is 0 Å². The van der Waals surface area contributed by atoms with Crippen molar-refractivity contribution in [2.24, 2.45) is 0 Å². The van der Waals surface area contributed by atoms with E-state index in [4.69, 9.17) is 15.6 Å². The average Bonchev–Trinajstić information content (AvgIpc) is 2.12. The van der Waals surface area contributed by atoms with Crippen LogP contribution >= 0.6 is 0 Å². The van der Waals surface area contributed by atoms with Crippen LogP contribution in [0.1, 0.15) is 11.1 Å². The number of hydrogen-bond acceptors (Lipinski definition) is 3. The van der Waals surface area contributed by atoms with E-state index in [1.54, 1.807) is 0 Å². The summed E-state index contributed by atoms with van der Waals surface area (Å²) in [6, 6.07) is 3.77. The molecule has 0 atom stereocenters.